The Morgan fingerprint density at radius 1 is 0.839 bits per heavy atom. The van der Waals surface area contributed by atoms with E-state index in [9.17, 15) is 14.4 Å². The fourth-order valence-corrected chi connectivity index (χ4v) is 2.82. The van der Waals surface area contributed by atoms with Gasteiger partial charge in [0.05, 0.1) is 5.02 Å². The van der Waals surface area contributed by atoms with Crippen LogP contribution < -0.4 is 20.9 Å². The van der Waals surface area contributed by atoms with Crippen LogP contribution in [-0.4, -0.2) is 24.3 Å². The van der Waals surface area contributed by atoms with Gasteiger partial charge in [0.15, 0.2) is 6.61 Å². The summed E-state index contributed by atoms with van der Waals surface area (Å²) in [7, 11) is 0. The van der Waals surface area contributed by atoms with Crippen LogP contribution in [0.1, 0.15) is 26.3 Å². The summed E-state index contributed by atoms with van der Waals surface area (Å²) in [6, 6.07) is 20.3. The minimum Gasteiger partial charge on any atom is -0.482 e. The molecule has 0 bridgehead atoms. The Bertz CT molecular complexity index is 1100. The van der Waals surface area contributed by atoms with Crippen molar-refractivity contribution >= 4 is 35.0 Å². The summed E-state index contributed by atoms with van der Waals surface area (Å²) in [5.74, 6) is -0.932. The van der Waals surface area contributed by atoms with Crippen molar-refractivity contribution in [2.24, 2.45) is 0 Å². The van der Waals surface area contributed by atoms with Crippen molar-refractivity contribution in [1.82, 2.24) is 10.9 Å². The van der Waals surface area contributed by atoms with Crippen LogP contribution >= 0.6 is 11.6 Å². The van der Waals surface area contributed by atoms with Crippen LogP contribution in [0.4, 0.5) is 5.69 Å². The van der Waals surface area contributed by atoms with Gasteiger partial charge in [-0.1, -0.05) is 41.4 Å². The van der Waals surface area contributed by atoms with Crippen molar-refractivity contribution in [3.63, 3.8) is 0 Å². The molecular weight excluding hydrogens is 418 g/mol. The summed E-state index contributed by atoms with van der Waals surface area (Å²) >= 11 is 5.95. The second-order valence-electron chi connectivity index (χ2n) is 6.62. The normalized spacial score (nSPS) is 10.1. The number of rotatable bonds is 6. The number of anilines is 1. The summed E-state index contributed by atoms with van der Waals surface area (Å²) in [5.41, 5.74) is 6.95. The van der Waals surface area contributed by atoms with Crippen LogP contribution in [0.15, 0.2) is 72.8 Å². The minimum absolute atomic E-state index is 0.244. The first kappa shape index (κ1) is 21.9. The molecule has 0 aromatic heterocycles. The van der Waals surface area contributed by atoms with E-state index in [0.717, 1.165) is 5.56 Å². The number of para-hydroxylation sites is 1. The van der Waals surface area contributed by atoms with Gasteiger partial charge in [-0.15, -0.1) is 0 Å². The molecule has 0 saturated heterocycles. The van der Waals surface area contributed by atoms with Crippen molar-refractivity contribution in [1.29, 1.82) is 0 Å². The molecule has 7 nitrogen and oxygen atoms in total. The number of hydrazine groups is 1. The Hall–Kier alpha value is -3.84. The number of hydrogen-bond acceptors (Lipinski definition) is 4. The van der Waals surface area contributed by atoms with Crippen molar-refractivity contribution in [3.05, 3.63) is 94.5 Å². The Balaban J connectivity index is 1.48. The number of halogens is 1. The zero-order valence-electron chi connectivity index (χ0n) is 16.6. The summed E-state index contributed by atoms with van der Waals surface area (Å²) in [4.78, 5) is 36.3. The first-order chi connectivity index (χ1) is 14.9. The molecular formula is C23H20ClN3O4. The average molecular weight is 438 g/mol. The van der Waals surface area contributed by atoms with Gasteiger partial charge < -0.3 is 10.1 Å². The van der Waals surface area contributed by atoms with E-state index in [-0.39, 0.29) is 12.5 Å². The van der Waals surface area contributed by atoms with E-state index in [4.69, 9.17) is 16.3 Å². The molecule has 158 valence electrons. The highest BCUT2D eigenvalue weighted by Crippen LogP contribution is 2.22. The summed E-state index contributed by atoms with van der Waals surface area (Å²) < 4.78 is 5.30. The standard InChI is InChI=1S/C23H20ClN3O4/c1-15-5-4-6-17(13-15)22(29)25-18-11-9-16(10-12-18)23(30)27-26-21(28)14-31-20-8-3-2-7-19(20)24/h2-13H,14H2,1H3,(H,25,29)(H,26,28)(H,27,30). The Kier molecular flexibility index (Phi) is 7.24. The molecule has 3 amide bonds. The van der Waals surface area contributed by atoms with Gasteiger partial charge in [0.25, 0.3) is 17.7 Å². The molecule has 0 fully saturated rings. The molecule has 0 atom stereocenters. The van der Waals surface area contributed by atoms with E-state index in [1.165, 1.54) is 12.1 Å². The van der Waals surface area contributed by atoms with Crippen LogP contribution in [0, 0.1) is 6.92 Å². The third kappa shape index (κ3) is 6.32. The average Bonchev–Trinajstić information content (AvgIpc) is 2.77. The predicted octanol–water partition coefficient (Wildman–Crippen LogP) is 3.74. The maximum atomic E-state index is 12.3. The molecule has 0 saturated carbocycles. The minimum atomic E-state index is -0.546. The maximum absolute atomic E-state index is 12.3. The lowest BCUT2D eigenvalue weighted by molar-refractivity contribution is -0.123. The fourth-order valence-electron chi connectivity index (χ4n) is 2.63. The Morgan fingerprint density at radius 3 is 2.29 bits per heavy atom. The monoisotopic (exact) mass is 437 g/mol. The highest BCUT2D eigenvalue weighted by atomic mass is 35.5. The SMILES string of the molecule is Cc1cccc(C(=O)Nc2ccc(C(=O)NNC(=O)COc3ccccc3Cl)cc2)c1. The number of nitrogens with one attached hydrogen (secondary N) is 3. The molecule has 8 heteroatoms. The molecule has 31 heavy (non-hydrogen) atoms. The molecule has 0 aliphatic carbocycles. The van der Waals surface area contributed by atoms with E-state index in [1.54, 1.807) is 48.5 Å². The number of aryl methyl sites for hydroxylation is 1. The van der Waals surface area contributed by atoms with Crippen LogP contribution in [0.2, 0.25) is 5.02 Å². The largest absolute Gasteiger partial charge is 0.482 e. The third-order valence-electron chi connectivity index (χ3n) is 4.20. The molecule has 0 radical (unpaired) electrons. The summed E-state index contributed by atoms with van der Waals surface area (Å²) in [6.07, 6.45) is 0. The smallest absolute Gasteiger partial charge is 0.276 e. The first-order valence-corrected chi connectivity index (χ1v) is 9.75. The van der Waals surface area contributed by atoms with Crippen molar-refractivity contribution in [2.45, 2.75) is 6.92 Å². The Labute approximate surface area is 184 Å². The van der Waals surface area contributed by atoms with Gasteiger partial charge in [0, 0.05) is 16.8 Å². The predicted molar refractivity (Wildman–Crippen MR) is 118 cm³/mol. The van der Waals surface area contributed by atoms with Crippen molar-refractivity contribution in [2.75, 3.05) is 11.9 Å². The van der Waals surface area contributed by atoms with Gasteiger partial charge in [-0.3, -0.25) is 25.2 Å². The molecule has 3 aromatic rings. The number of carbonyl (C=O) groups excluding carboxylic acids is 3. The molecule has 0 aliphatic heterocycles. The highest BCUT2D eigenvalue weighted by Gasteiger charge is 2.10. The first-order valence-electron chi connectivity index (χ1n) is 9.37. The number of benzene rings is 3. The Morgan fingerprint density at radius 2 is 1.58 bits per heavy atom. The van der Waals surface area contributed by atoms with Gasteiger partial charge >= 0.3 is 0 Å². The van der Waals surface area contributed by atoms with Gasteiger partial charge in [-0.2, -0.15) is 0 Å². The number of amides is 3. The topological polar surface area (TPSA) is 96.5 Å². The zero-order valence-corrected chi connectivity index (χ0v) is 17.4. The second-order valence-corrected chi connectivity index (χ2v) is 7.03. The van der Waals surface area contributed by atoms with Crippen LogP contribution in [-0.2, 0) is 4.79 Å². The summed E-state index contributed by atoms with van der Waals surface area (Å²) in [6.45, 7) is 1.60. The number of ether oxygens (including phenoxy) is 1. The zero-order chi connectivity index (χ0) is 22.2. The van der Waals surface area contributed by atoms with Crippen LogP contribution in [0.5, 0.6) is 5.75 Å². The van der Waals surface area contributed by atoms with Crippen molar-refractivity contribution in [3.8, 4) is 5.75 Å². The molecule has 3 rings (SSSR count). The van der Waals surface area contributed by atoms with Gasteiger partial charge in [-0.25, -0.2) is 0 Å². The van der Waals surface area contributed by atoms with E-state index in [0.29, 0.717) is 27.6 Å². The third-order valence-corrected chi connectivity index (χ3v) is 4.51. The van der Waals surface area contributed by atoms with E-state index >= 15 is 0 Å². The molecule has 0 spiro atoms. The fraction of sp³-hybridized carbons (Fsp3) is 0.0870. The van der Waals surface area contributed by atoms with E-state index in [2.05, 4.69) is 16.2 Å². The maximum Gasteiger partial charge on any atom is 0.276 e. The molecule has 0 unspecified atom stereocenters. The van der Waals surface area contributed by atoms with E-state index in [1.807, 2.05) is 19.1 Å². The molecule has 0 aliphatic rings. The number of carbonyl (C=O) groups is 3. The van der Waals surface area contributed by atoms with Crippen molar-refractivity contribution < 1.29 is 19.1 Å². The van der Waals surface area contributed by atoms with E-state index < -0.39 is 11.8 Å². The van der Waals surface area contributed by atoms with Crippen LogP contribution in [0.3, 0.4) is 0 Å². The molecule has 3 N–H and O–H groups in total. The number of hydrogen-bond donors (Lipinski definition) is 3. The van der Waals surface area contributed by atoms with Gasteiger partial charge in [0.2, 0.25) is 0 Å². The van der Waals surface area contributed by atoms with Gasteiger partial charge in [-0.05, 0) is 55.5 Å². The lowest BCUT2D eigenvalue weighted by Crippen LogP contribution is -2.43. The summed E-state index contributed by atoms with van der Waals surface area (Å²) in [5, 5.41) is 3.15. The lowest BCUT2D eigenvalue weighted by atomic mass is 10.1. The molecule has 3 aromatic carbocycles. The molecule has 0 heterocycles. The highest BCUT2D eigenvalue weighted by molar-refractivity contribution is 6.32. The van der Waals surface area contributed by atoms with Gasteiger partial charge in [0.1, 0.15) is 5.75 Å². The second kappa shape index (κ2) is 10.3. The van der Waals surface area contributed by atoms with Crippen LogP contribution in [0.25, 0.3) is 0 Å². The quantitative estimate of drug-likeness (QED) is 0.512. The lowest BCUT2D eigenvalue weighted by Gasteiger charge is -2.10.